The van der Waals surface area contributed by atoms with Gasteiger partial charge in [-0.1, -0.05) is 25.7 Å². The van der Waals surface area contributed by atoms with Crippen molar-refractivity contribution in [1.29, 1.82) is 0 Å². The summed E-state index contributed by atoms with van der Waals surface area (Å²) in [5.74, 6) is 1.36. The van der Waals surface area contributed by atoms with E-state index in [-0.39, 0.29) is 0 Å². The number of aliphatic hydroxyl groups excluding tert-OH is 1. The van der Waals surface area contributed by atoms with E-state index in [1.54, 1.807) is 0 Å². The molecule has 2 N–H and O–H groups in total. The van der Waals surface area contributed by atoms with Crippen molar-refractivity contribution < 1.29 is 5.11 Å². The lowest BCUT2D eigenvalue weighted by molar-refractivity contribution is 0.168. The Kier molecular flexibility index (Phi) is 4.62. The summed E-state index contributed by atoms with van der Waals surface area (Å²) >= 11 is 0. The third kappa shape index (κ3) is 2.76. The maximum Gasteiger partial charge on any atom is 0.0462 e. The average molecular weight is 171 g/mol. The van der Waals surface area contributed by atoms with Crippen LogP contribution in [0, 0.1) is 11.8 Å². The standard InChI is InChI=1S/C10H21NO/c1-11-7-6-10(8-12)9-4-2-3-5-9/h9-12H,2-8H2,1H3. The molecule has 1 atom stereocenters. The van der Waals surface area contributed by atoms with Crippen LogP contribution in [0.15, 0.2) is 0 Å². The van der Waals surface area contributed by atoms with Gasteiger partial charge in [0.05, 0.1) is 0 Å². The van der Waals surface area contributed by atoms with E-state index < -0.39 is 0 Å². The fraction of sp³-hybridized carbons (Fsp3) is 1.00. The van der Waals surface area contributed by atoms with Crippen molar-refractivity contribution in [3.63, 3.8) is 0 Å². The van der Waals surface area contributed by atoms with Gasteiger partial charge in [0.15, 0.2) is 0 Å². The maximum atomic E-state index is 9.19. The van der Waals surface area contributed by atoms with Gasteiger partial charge in [0.2, 0.25) is 0 Å². The van der Waals surface area contributed by atoms with Gasteiger partial charge >= 0.3 is 0 Å². The monoisotopic (exact) mass is 171 g/mol. The van der Waals surface area contributed by atoms with E-state index in [0.717, 1.165) is 18.9 Å². The first-order valence-corrected chi connectivity index (χ1v) is 5.14. The first kappa shape index (κ1) is 10.0. The zero-order valence-corrected chi connectivity index (χ0v) is 8.05. The molecule has 1 unspecified atom stereocenters. The van der Waals surface area contributed by atoms with Crippen molar-refractivity contribution >= 4 is 0 Å². The molecule has 0 bridgehead atoms. The molecule has 2 heteroatoms. The summed E-state index contributed by atoms with van der Waals surface area (Å²) in [4.78, 5) is 0. The van der Waals surface area contributed by atoms with Crippen LogP contribution in [0.3, 0.4) is 0 Å². The van der Waals surface area contributed by atoms with Crippen LogP contribution in [0.4, 0.5) is 0 Å². The Morgan fingerprint density at radius 1 is 1.42 bits per heavy atom. The van der Waals surface area contributed by atoms with Crippen LogP contribution in [0.1, 0.15) is 32.1 Å². The van der Waals surface area contributed by atoms with Crippen LogP contribution in [0.2, 0.25) is 0 Å². The predicted octanol–water partition coefficient (Wildman–Crippen LogP) is 1.39. The van der Waals surface area contributed by atoms with Gasteiger partial charge < -0.3 is 10.4 Å². The average Bonchev–Trinajstić information content (AvgIpc) is 2.59. The zero-order valence-electron chi connectivity index (χ0n) is 8.05. The summed E-state index contributed by atoms with van der Waals surface area (Å²) in [5, 5.41) is 12.3. The van der Waals surface area contributed by atoms with Crippen molar-refractivity contribution in [1.82, 2.24) is 5.32 Å². The van der Waals surface area contributed by atoms with Crippen molar-refractivity contribution in [3.8, 4) is 0 Å². The van der Waals surface area contributed by atoms with Crippen molar-refractivity contribution in [2.75, 3.05) is 20.2 Å². The summed E-state index contributed by atoms with van der Waals surface area (Å²) in [6.07, 6.45) is 6.57. The van der Waals surface area contributed by atoms with Gasteiger partial charge in [-0.15, -0.1) is 0 Å². The second-order valence-electron chi connectivity index (χ2n) is 3.88. The van der Waals surface area contributed by atoms with Crippen LogP contribution in [0.25, 0.3) is 0 Å². The number of rotatable bonds is 5. The lowest BCUT2D eigenvalue weighted by atomic mass is 9.89. The summed E-state index contributed by atoms with van der Waals surface area (Å²) < 4.78 is 0. The lowest BCUT2D eigenvalue weighted by Gasteiger charge is -2.20. The second-order valence-corrected chi connectivity index (χ2v) is 3.88. The molecule has 12 heavy (non-hydrogen) atoms. The van der Waals surface area contributed by atoms with E-state index in [0.29, 0.717) is 12.5 Å². The first-order chi connectivity index (χ1) is 5.88. The molecule has 1 rings (SSSR count). The maximum absolute atomic E-state index is 9.19. The highest BCUT2D eigenvalue weighted by atomic mass is 16.3. The largest absolute Gasteiger partial charge is 0.396 e. The normalized spacial score (nSPS) is 21.5. The molecule has 0 saturated heterocycles. The molecule has 0 heterocycles. The summed E-state index contributed by atoms with van der Waals surface area (Å²) in [5.41, 5.74) is 0. The van der Waals surface area contributed by atoms with Gasteiger partial charge in [0, 0.05) is 6.61 Å². The van der Waals surface area contributed by atoms with Gasteiger partial charge in [-0.2, -0.15) is 0 Å². The van der Waals surface area contributed by atoms with E-state index in [4.69, 9.17) is 0 Å². The van der Waals surface area contributed by atoms with E-state index in [1.807, 2.05) is 7.05 Å². The third-order valence-corrected chi connectivity index (χ3v) is 3.07. The smallest absolute Gasteiger partial charge is 0.0462 e. The Labute approximate surface area is 75.4 Å². The summed E-state index contributed by atoms with van der Waals surface area (Å²) in [6, 6.07) is 0. The molecule has 0 aromatic rings. The van der Waals surface area contributed by atoms with Crippen LogP contribution in [-0.4, -0.2) is 25.3 Å². The fourth-order valence-corrected chi connectivity index (χ4v) is 2.23. The van der Waals surface area contributed by atoms with Gasteiger partial charge in [-0.3, -0.25) is 0 Å². The Morgan fingerprint density at radius 3 is 2.58 bits per heavy atom. The topological polar surface area (TPSA) is 32.3 Å². The molecule has 1 aliphatic rings. The molecule has 0 spiro atoms. The molecule has 0 radical (unpaired) electrons. The quantitative estimate of drug-likeness (QED) is 0.655. The van der Waals surface area contributed by atoms with E-state index >= 15 is 0 Å². The van der Waals surface area contributed by atoms with Gasteiger partial charge in [0.1, 0.15) is 0 Å². The molecular formula is C10H21NO. The van der Waals surface area contributed by atoms with E-state index in [9.17, 15) is 5.11 Å². The molecular weight excluding hydrogens is 150 g/mol. The van der Waals surface area contributed by atoms with Gasteiger partial charge in [-0.25, -0.2) is 0 Å². The van der Waals surface area contributed by atoms with Crippen molar-refractivity contribution in [3.05, 3.63) is 0 Å². The second kappa shape index (κ2) is 5.55. The minimum Gasteiger partial charge on any atom is -0.396 e. The van der Waals surface area contributed by atoms with E-state index in [2.05, 4.69) is 5.32 Å². The predicted molar refractivity (Wildman–Crippen MR) is 51.1 cm³/mol. The number of nitrogens with one attached hydrogen (secondary N) is 1. The van der Waals surface area contributed by atoms with Crippen molar-refractivity contribution in [2.24, 2.45) is 11.8 Å². The zero-order chi connectivity index (χ0) is 8.81. The number of aliphatic hydroxyl groups is 1. The molecule has 0 amide bonds. The van der Waals surface area contributed by atoms with Crippen LogP contribution in [0.5, 0.6) is 0 Å². The molecule has 1 saturated carbocycles. The van der Waals surface area contributed by atoms with Crippen LogP contribution in [-0.2, 0) is 0 Å². The van der Waals surface area contributed by atoms with Gasteiger partial charge in [-0.05, 0) is 31.8 Å². The summed E-state index contributed by atoms with van der Waals surface area (Å²) in [6.45, 7) is 1.42. The van der Waals surface area contributed by atoms with Gasteiger partial charge in [0.25, 0.3) is 0 Å². The summed E-state index contributed by atoms with van der Waals surface area (Å²) in [7, 11) is 1.98. The lowest BCUT2D eigenvalue weighted by Crippen LogP contribution is -2.21. The highest BCUT2D eigenvalue weighted by molar-refractivity contribution is 4.75. The first-order valence-electron chi connectivity index (χ1n) is 5.14. The molecule has 0 aromatic heterocycles. The molecule has 2 nitrogen and oxygen atoms in total. The molecule has 0 aromatic carbocycles. The van der Waals surface area contributed by atoms with E-state index in [1.165, 1.54) is 25.7 Å². The Balaban J connectivity index is 2.22. The van der Waals surface area contributed by atoms with Crippen molar-refractivity contribution in [2.45, 2.75) is 32.1 Å². The Hall–Kier alpha value is -0.0800. The number of hydrogen-bond acceptors (Lipinski definition) is 2. The molecule has 72 valence electrons. The molecule has 1 aliphatic carbocycles. The SMILES string of the molecule is CNCCC(CO)C1CCCC1. The Bertz CT molecular complexity index is 110. The fourth-order valence-electron chi connectivity index (χ4n) is 2.23. The number of hydrogen-bond donors (Lipinski definition) is 2. The molecule has 0 aliphatic heterocycles. The third-order valence-electron chi connectivity index (χ3n) is 3.07. The molecule has 1 fully saturated rings. The minimum absolute atomic E-state index is 0.381. The van der Waals surface area contributed by atoms with Crippen LogP contribution >= 0.6 is 0 Å². The Morgan fingerprint density at radius 2 is 2.08 bits per heavy atom. The van der Waals surface area contributed by atoms with Crippen LogP contribution < -0.4 is 5.32 Å². The highest BCUT2D eigenvalue weighted by Gasteiger charge is 2.23. The minimum atomic E-state index is 0.381. The highest BCUT2D eigenvalue weighted by Crippen LogP contribution is 2.32.